The summed E-state index contributed by atoms with van der Waals surface area (Å²) >= 11 is 0. The molecule has 1 aromatic carbocycles. The van der Waals surface area contributed by atoms with Crippen LogP contribution in [0.25, 0.3) is 0 Å². The Morgan fingerprint density at radius 2 is 2.09 bits per heavy atom. The first-order valence-electron chi connectivity index (χ1n) is 2.98. The Morgan fingerprint density at radius 3 is 2.55 bits per heavy atom. The van der Waals surface area contributed by atoms with Crippen molar-refractivity contribution in [1.29, 1.82) is 5.26 Å². The standard InChI is InChI=1S/C8H5NO2/c9-5-6-3-1-2-4-7(6)8(10)11/h1-4H,(H,10,11). The number of hydrogen-bond donors (Lipinski definition) is 1. The number of rotatable bonds is 1. The quantitative estimate of drug-likeness (QED) is 0.650. The summed E-state index contributed by atoms with van der Waals surface area (Å²) in [5.41, 5.74) is 0.245. The van der Waals surface area contributed by atoms with Crippen LogP contribution >= 0.6 is 0 Å². The lowest BCUT2D eigenvalue weighted by atomic mass is 10.1. The zero-order valence-corrected chi connectivity index (χ0v) is 5.61. The molecule has 54 valence electrons. The van der Waals surface area contributed by atoms with Crippen molar-refractivity contribution < 1.29 is 9.90 Å². The van der Waals surface area contributed by atoms with Gasteiger partial charge in [-0.25, -0.2) is 4.79 Å². The lowest BCUT2D eigenvalue weighted by Crippen LogP contribution is -1.98. The number of carbonyl (C=O) groups is 1. The molecule has 0 heterocycles. The SMILES string of the molecule is N#Cc1ccccc1C(=O)O. The maximum absolute atomic E-state index is 10.4. The molecule has 0 aromatic heterocycles. The van der Waals surface area contributed by atoms with Crippen molar-refractivity contribution in [2.24, 2.45) is 0 Å². The molecular formula is C8H5NO2. The van der Waals surface area contributed by atoms with Crippen LogP contribution in [0.3, 0.4) is 0 Å². The van der Waals surface area contributed by atoms with Crippen LogP contribution in [0.5, 0.6) is 0 Å². The second-order valence-electron chi connectivity index (χ2n) is 1.96. The van der Waals surface area contributed by atoms with Gasteiger partial charge in [0.15, 0.2) is 0 Å². The molecule has 3 heteroatoms. The maximum Gasteiger partial charge on any atom is 0.337 e. The third kappa shape index (κ3) is 1.36. The highest BCUT2D eigenvalue weighted by Gasteiger charge is 2.06. The van der Waals surface area contributed by atoms with E-state index in [4.69, 9.17) is 10.4 Å². The third-order valence-electron chi connectivity index (χ3n) is 1.28. The average Bonchev–Trinajstić information content (AvgIpc) is 2.04. The van der Waals surface area contributed by atoms with Gasteiger partial charge >= 0.3 is 5.97 Å². The Bertz CT molecular complexity index is 325. The van der Waals surface area contributed by atoms with Gasteiger partial charge in [0.25, 0.3) is 0 Å². The monoisotopic (exact) mass is 147 g/mol. The Hall–Kier alpha value is -1.82. The van der Waals surface area contributed by atoms with Gasteiger partial charge in [-0.2, -0.15) is 5.26 Å². The minimum atomic E-state index is -1.07. The maximum atomic E-state index is 10.4. The van der Waals surface area contributed by atoms with Crippen molar-refractivity contribution in [1.82, 2.24) is 0 Å². The van der Waals surface area contributed by atoms with Crippen molar-refractivity contribution in [3.05, 3.63) is 35.4 Å². The van der Waals surface area contributed by atoms with Gasteiger partial charge in [-0.15, -0.1) is 0 Å². The summed E-state index contributed by atoms with van der Waals surface area (Å²) in [6.45, 7) is 0. The van der Waals surface area contributed by atoms with E-state index in [1.165, 1.54) is 12.1 Å². The van der Waals surface area contributed by atoms with Crippen molar-refractivity contribution in [3.63, 3.8) is 0 Å². The molecular weight excluding hydrogens is 142 g/mol. The van der Waals surface area contributed by atoms with Gasteiger partial charge in [0.2, 0.25) is 0 Å². The van der Waals surface area contributed by atoms with E-state index in [-0.39, 0.29) is 11.1 Å². The van der Waals surface area contributed by atoms with Crippen molar-refractivity contribution in [3.8, 4) is 6.07 Å². The van der Waals surface area contributed by atoms with Crippen LogP contribution in [0.15, 0.2) is 24.3 Å². The third-order valence-corrected chi connectivity index (χ3v) is 1.28. The molecule has 3 nitrogen and oxygen atoms in total. The summed E-state index contributed by atoms with van der Waals surface area (Å²) in [6.07, 6.45) is 0. The van der Waals surface area contributed by atoms with E-state index in [9.17, 15) is 4.79 Å². The Labute approximate surface area is 63.5 Å². The van der Waals surface area contributed by atoms with E-state index in [0.29, 0.717) is 0 Å². The molecule has 0 saturated heterocycles. The molecule has 0 aliphatic heterocycles. The molecule has 1 rings (SSSR count). The molecule has 0 aliphatic carbocycles. The highest BCUT2D eigenvalue weighted by Crippen LogP contribution is 2.05. The number of aromatic carboxylic acids is 1. The Kier molecular flexibility index (Phi) is 1.88. The molecule has 1 aromatic rings. The van der Waals surface area contributed by atoms with Gasteiger partial charge in [-0.3, -0.25) is 0 Å². The molecule has 0 fully saturated rings. The summed E-state index contributed by atoms with van der Waals surface area (Å²) in [5.74, 6) is -1.07. The first-order valence-corrected chi connectivity index (χ1v) is 2.98. The predicted octanol–water partition coefficient (Wildman–Crippen LogP) is 1.26. The number of nitrogens with zero attached hydrogens (tertiary/aromatic N) is 1. The largest absolute Gasteiger partial charge is 0.478 e. The highest BCUT2D eigenvalue weighted by molar-refractivity contribution is 5.90. The zero-order valence-electron chi connectivity index (χ0n) is 5.61. The smallest absolute Gasteiger partial charge is 0.337 e. The number of benzene rings is 1. The zero-order chi connectivity index (χ0) is 8.27. The van der Waals surface area contributed by atoms with Crippen molar-refractivity contribution >= 4 is 5.97 Å². The minimum absolute atomic E-state index is 0.0509. The topological polar surface area (TPSA) is 61.1 Å². The number of hydrogen-bond acceptors (Lipinski definition) is 2. The fraction of sp³-hybridized carbons (Fsp3) is 0. The van der Waals surface area contributed by atoms with Gasteiger partial charge in [0.1, 0.15) is 6.07 Å². The normalized spacial score (nSPS) is 8.64. The number of nitriles is 1. The summed E-state index contributed by atoms with van der Waals surface area (Å²) in [7, 11) is 0. The van der Waals surface area contributed by atoms with Crippen LogP contribution < -0.4 is 0 Å². The van der Waals surface area contributed by atoms with E-state index < -0.39 is 5.97 Å². The summed E-state index contributed by atoms with van der Waals surface area (Å²) in [4.78, 5) is 10.4. The Balaban J connectivity index is 3.26. The lowest BCUT2D eigenvalue weighted by Gasteiger charge is -1.94. The summed E-state index contributed by atoms with van der Waals surface area (Å²) in [6, 6.07) is 7.89. The van der Waals surface area contributed by atoms with Gasteiger partial charge < -0.3 is 5.11 Å². The minimum Gasteiger partial charge on any atom is -0.478 e. The van der Waals surface area contributed by atoms with Crippen LogP contribution in [0.1, 0.15) is 15.9 Å². The van der Waals surface area contributed by atoms with Crippen molar-refractivity contribution in [2.75, 3.05) is 0 Å². The number of carboxylic acid groups (broad SMARTS) is 1. The van der Waals surface area contributed by atoms with E-state index in [0.717, 1.165) is 0 Å². The molecule has 11 heavy (non-hydrogen) atoms. The molecule has 0 bridgehead atoms. The first-order chi connectivity index (χ1) is 5.25. The highest BCUT2D eigenvalue weighted by atomic mass is 16.4. The molecule has 1 N–H and O–H groups in total. The van der Waals surface area contributed by atoms with Gasteiger partial charge in [0.05, 0.1) is 11.1 Å². The van der Waals surface area contributed by atoms with E-state index in [1.807, 2.05) is 0 Å². The van der Waals surface area contributed by atoms with Crippen LogP contribution in [-0.2, 0) is 0 Å². The molecule has 0 spiro atoms. The molecule has 0 atom stereocenters. The van der Waals surface area contributed by atoms with Crippen LogP contribution in [-0.4, -0.2) is 11.1 Å². The second-order valence-corrected chi connectivity index (χ2v) is 1.96. The fourth-order valence-corrected chi connectivity index (χ4v) is 0.767. The van der Waals surface area contributed by atoms with E-state index >= 15 is 0 Å². The molecule has 0 unspecified atom stereocenters. The van der Waals surface area contributed by atoms with Crippen LogP contribution in [0.2, 0.25) is 0 Å². The average molecular weight is 147 g/mol. The lowest BCUT2D eigenvalue weighted by molar-refractivity contribution is 0.0696. The molecule has 0 amide bonds. The molecule has 0 radical (unpaired) electrons. The van der Waals surface area contributed by atoms with E-state index in [1.54, 1.807) is 18.2 Å². The van der Waals surface area contributed by atoms with E-state index in [2.05, 4.69) is 0 Å². The van der Waals surface area contributed by atoms with Gasteiger partial charge in [0, 0.05) is 0 Å². The van der Waals surface area contributed by atoms with Gasteiger partial charge in [-0.1, -0.05) is 12.1 Å². The predicted molar refractivity (Wildman–Crippen MR) is 38.1 cm³/mol. The van der Waals surface area contributed by atoms with Crippen molar-refractivity contribution in [2.45, 2.75) is 0 Å². The van der Waals surface area contributed by atoms with Crippen LogP contribution in [0, 0.1) is 11.3 Å². The van der Waals surface area contributed by atoms with Crippen LogP contribution in [0.4, 0.5) is 0 Å². The summed E-state index contributed by atoms with van der Waals surface area (Å²) in [5, 5.41) is 17.0. The molecule has 0 aliphatic rings. The second kappa shape index (κ2) is 2.84. The first kappa shape index (κ1) is 7.29. The summed E-state index contributed by atoms with van der Waals surface area (Å²) < 4.78 is 0. The Morgan fingerprint density at radius 1 is 1.45 bits per heavy atom. The van der Waals surface area contributed by atoms with Gasteiger partial charge in [-0.05, 0) is 12.1 Å². The molecule has 0 saturated carbocycles. The number of carboxylic acids is 1. The fourth-order valence-electron chi connectivity index (χ4n) is 0.767.